The second-order valence-electron chi connectivity index (χ2n) is 13.0. The molecule has 0 aliphatic carbocycles. The Kier molecular flexibility index (Phi) is 10.5. The van der Waals surface area contributed by atoms with Crippen LogP contribution in [0.15, 0.2) is 65.1 Å². The highest BCUT2D eigenvalue weighted by Crippen LogP contribution is 2.40. The van der Waals surface area contributed by atoms with Gasteiger partial charge >= 0.3 is 18.1 Å². The Morgan fingerprint density at radius 1 is 1.04 bits per heavy atom. The number of piperidine rings is 1. The standard InChI is InChI=1S/C34H41F3N4O6S/c1-23-12-16-41(48(45,46)28-11-10-26-13-15-40(22-27(26)18-28)31(43)34(35,36)37)33(19-23,32(44)47-2)30(42)29(38)17-25-9-6-14-39(21-25)20-24-7-4-3-5-8-24/h3-5,7-11,18,23,29H,6,12-17,19-22,38H2,1-2H3/t23-,29?,33-/m0/s1. The molecule has 2 aromatic rings. The predicted molar refractivity (Wildman–Crippen MR) is 171 cm³/mol. The highest BCUT2D eigenvalue weighted by Gasteiger charge is 2.60. The molecule has 1 saturated heterocycles. The molecule has 3 atom stereocenters. The number of halogens is 3. The van der Waals surface area contributed by atoms with Gasteiger partial charge in [0.25, 0.3) is 0 Å². The minimum absolute atomic E-state index is 0.108. The van der Waals surface area contributed by atoms with Crippen molar-refractivity contribution >= 4 is 27.7 Å². The maximum absolute atomic E-state index is 14.4. The molecule has 1 unspecified atom stereocenters. The third kappa shape index (κ3) is 7.21. The first-order chi connectivity index (χ1) is 22.7. The first kappa shape index (κ1) is 35.7. The molecule has 0 aromatic heterocycles. The largest absolute Gasteiger partial charge is 0.471 e. The van der Waals surface area contributed by atoms with Crippen molar-refractivity contribution in [2.24, 2.45) is 11.7 Å². The van der Waals surface area contributed by atoms with Crippen molar-refractivity contribution in [3.05, 3.63) is 76.9 Å². The Balaban J connectivity index is 1.42. The van der Waals surface area contributed by atoms with E-state index < -0.39 is 52.0 Å². The van der Waals surface area contributed by atoms with Crippen molar-refractivity contribution in [3.8, 4) is 0 Å². The topological polar surface area (TPSA) is 130 Å². The highest BCUT2D eigenvalue weighted by molar-refractivity contribution is 7.89. The van der Waals surface area contributed by atoms with E-state index in [1.165, 1.54) is 18.2 Å². The van der Waals surface area contributed by atoms with Crippen molar-refractivity contribution in [1.29, 1.82) is 0 Å². The predicted octanol–water partition coefficient (Wildman–Crippen LogP) is 3.58. The van der Waals surface area contributed by atoms with Crippen LogP contribution in [0.2, 0.25) is 0 Å². The van der Waals surface area contributed by atoms with Gasteiger partial charge in [0.15, 0.2) is 11.3 Å². The minimum Gasteiger partial charge on any atom is -0.467 e. The molecule has 3 heterocycles. The summed E-state index contributed by atoms with van der Waals surface area (Å²) in [5.41, 5.74) is 7.18. The zero-order valence-corrected chi connectivity index (χ0v) is 27.9. The van der Waals surface area contributed by atoms with Crippen LogP contribution >= 0.6 is 0 Å². The van der Waals surface area contributed by atoms with E-state index >= 15 is 0 Å². The van der Waals surface area contributed by atoms with Gasteiger partial charge < -0.3 is 15.4 Å². The number of ketones is 1. The van der Waals surface area contributed by atoms with Crippen molar-refractivity contribution in [1.82, 2.24) is 14.1 Å². The maximum atomic E-state index is 14.4. The molecule has 14 heteroatoms. The molecular formula is C34H41F3N4O6S. The Morgan fingerprint density at radius 3 is 2.46 bits per heavy atom. The van der Waals surface area contributed by atoms with Crippen LogP contribution in [0.3, 0.4) is 0 Å². The van der Waals surface area contributed by atoms with E-state index in [1.807, 2.05) is 43.3 Å². The fraction of sp³-hybridized carbons (Fsp3) is 0.500. The number of nitrogens with two attached hydrogens (primary N) is 1. The molecule has 2 N–H and O–H groups in total. The quantitative estimate of drug-likeness (QED) is 0.240. The number of carbonyl (C=O) groups is 3. The number of fused-ring (bicyclic) bond motifs is 1. The summed E-state index contributed by atoms with van der Waals surface area (Å²) in [5.74, 6) is -4.05. The van der Waals surface area contributed by atoms with Crippen LogP contribution in [-0.2, 0) is 48.7 Å². The van der Waals surface area contributed by atoms with Crippen molar-refractivity contribution < 1.29 is 40.7 Å². The molecule has 5 rings (SSSR count). The molecular weight excluding hydrogens is 649 g/mol. The second kappa shape index (κ2) is 14.1. The van der Waals surface area contributed by atoms with Crippen LogP contribution < -0.4 is 5.73 Å². The number of rotatable bonds is 9. The lowest BCUT2D eigenvalue weighted by molar-refractivity contribution is -0.186. The summed E-state index contributed by atoms with van der Waals surface area (Å²) in [6.07, 6.45) is -1.88. The summed E-state index contributed by atoms with van der Waals surface area (Å²) in [5, 5.41) is 0. The normalized spacial score (nSPS) is 23.2. The average molecular weight is 691 g/mol. The lowest BCUT2D eigenvalue weighted by Crippen LogP contribution is -2.68. The number of hydrogen-bond donors (Lipinski definition) is 1. The third-order valence-electron chi connectivity index (χ3n) is 9.51. The van der Waals surface area contributed by atoms with E-state index in [1.54, 1.807) is 0 Å². The van der Waals surface area contributed by atoms with E-state index in [9.17, 15) is 36.0 Å². The van der Waals surface area contributed by atoms with Crippen LogP contribution in [0.1, 0.15) is 49.3 Å². The summed E-state index contributed by atoms with van der Waals surface area (Å²) < 4.78 is 74.2. The van der Waals surface area contributed by atoms with Gasteiger partial charge in [-0.3, -0.25) is 14.5 Å². The molecule has 3 aliphatic rings. The van der Waals surface area contributed by atoms with Crippen LogP contribution in [-0.4, -0.2) is 91.2 Å². The van der Waals surface area contributed by atoms with Gasteiger partial charge in [0.2, 0.25) is 10.0 Å². The molecule has 260 valence electrons. The number of carbonyl (C=O) groups excluding carboxylic acids is 3. The molecule has 1 fully saturated rings. The Morgan fingerprint density at radius 2 is 1.77 bits per heavy atom. The highest BCUT2D eigenvalue weighted by atomic mass is 32.2. The third-order valence-corrected chi connectivity index (χ3v) is 11.4. The fourth-order valence-electron chi connectivity index (χ4n) is 7.10. The van der Waals surface area contributed by atoms with Gasteiger partial charge in [0.05, 0.1) is 18.0 Å². The number of ether oxygens (including phenoxy) is 1. The first-order valence-electron chi connectivity index (χ1n) is 16.0. The van der Waals surface area contributed by atoms with Gasteiger partial charge in [-0.15, -0.1) is 0 Å². The number of Topliss-reactive ketones (excluding diaryl/α,β-unsaturated/α-hetero) is 1. The van der Waals surface area contributed by atoms with Gasteiger partial charge in [-0.25, -0.2) is 13.2 Å². The van der Waals surface area contributed by atoms with E-state index in [4.69, 9.17) is 10.5 Å². The van der Waals surface area contributed by atoms with Crippen LogP contribution in [0.25, 0.3) is 0 Å². The number of hydrogen-bond acceptors (Lipinski definition) is 8. The summed E-state index contributed by atoms with van der Waals surface area (Å²) in [4.78, 5) is 42.6. The number of methoxy groups -OCH3 is 1. The number of alkyl halides is 3. The number of amides is 1. The summed E-state index contributed by atoms with van der Waals surface area (Å²) in [7, 11) is -3.51. The molecule has 0 bridgehead atoms. The van der Waals surface area contributed by atoms with E-state index in [0.717, 1.165) is 35.5 Å². The molecule has 3 aliphatic heterocycles. The Hall–Kier alpha value is -3.59. The van der Waals surface area contributed by atoms with E-state index in [-0.39, 0.29) is 48.7 Å². The lowest BCUT2D eigenvalue weighted by Gasteiger charge is -2.45. The van der Waals surface area contributed by atoms with E-state index in [0.29, 0.717) is 30.0 Å². The number of sulfonamides is 1. The van der Waals surface area contributed by atoms with Crippen molar-refractivity contribution in [3.63, 3.8) is 0 Å². The van der Waals surface area contributed by atoms with Crippen molar-refractivity contribution in [2.75, 3.05) is 33.3 Å². The summed E-state index contributed by atoms with van der Waals surface area (Å²) in [6.45, 7) is 3.12. The lowest BCUT2D eigenvalue weighted by atomic mass is 9.76. The molecule has 0 radical (unpaired) electrons. The first-order valence-corrected chi connectivity index (χ1v) is 17.4. The van der Waals surface area contributed by atoms with Gasteiger partial charge in [-0.2, -0.15) is 17.5 Å². The second-order valence-corrected chi connectivity index (χ2v) is 14.8. The maximum Gasteiger partial charge on any atom is 0.471 e. The number of benzene rings is 2. The van der Waals surface area contributed by atoms with Crippen LogP contribution in [0.4, 0.5) is 13.2 Å². The van der Waals surface area contributed by atoms with Crippen LogP contribution in [0.5, 0.6) is 0 Å². The molecule has 1 amide bonds. The summed E-state index contributed by atoms with van der Waals surface area (Å²) >= 11 is 0. The smallest absolute Gasteiger partial charge is 0.467 e. The summed E-state index contributed by atoms with van der Waals surface area (Å²) in [6, 6.07) is 12.8. The van der Waals surface area contributed by atoms with Gasteiger partial charge in [-0.05, 0) is 66.8 Å². The van der Waals surface area contributed by atoms with E-state index in [2.05, 4.69) is 4.90 Å². The Bertz CT molecular complexity index is 1680. The van der Waals surface area contributed by atoms with Gasteiger partial charge in [0.1, 0.15) is 0 Å². The number of nitrogens with zero attached hydrogens (tertiary/aromatic N) is 3. The molecule has 0 spiro atoms. The number of esters is 1. The zero-order chi connectivity index (χ0) is 34.9. The molecule has 2 aromatic carbocycles. The zero-order valence-electron chi connectivity index (χ0n) is 27.0. The van der Waals surface area contributed by atoms with Gasteiger partial charge in [0, 0.05) is 39.3 Å². The van der Waals surface area contributed by atoms with Crippen molar-refractivity contribution in [2.45, 2.75) is 74.8 Å². The minimum atomic E-state index is -5.07. The monoisotopic (exact) mass is 690 g/mol. The molecule has 48 heavy (non-hydrogen) atoms. The molecule has 0 saturated carbocycles. The van der Waals surface area contributed by atoms with Crippen LogP contribution in [0, 0.1) is 5.92 Å². The van der Waals surface area contributed by atoms with Gasteiger partial charge in [-0.1, -0.05) is 55.0 Å². The Labute approximate surface area is 278 Å². The average Bonchev–Trinajstić information content (AvgIpc) is 3.06. The SMILES string of the molecule is COC(=O)[C@@]1(C(=O)C(N)CC2=CCCN(Cc3ccccc3)C2)C[C@@H](C)CCN1S(=O)(=O)c1ccc2c(c1)CN(C(=O)C(F)(F)F)CC2. The fourth-order valence-corrected chi connectivity index (χ4v) is 8.88. The molecule has 10 nitrogen and oxygen atoms in total.